The van der Waals surface area contributed by atoms with E-state index in [2.05, 4.69) is 10.2 Å². The van der Waals surface area contributed by atoms with Gasteiger partial charge < -0.3 is 9.80 Å². The molecular formula is C19H19ClN6O2. The van der Waals surface area contributed by atoms with Gasteiger partial charge in [0.1, 0.15) is 5.02 Å². The number of carbonyl (C=O) groups excluding carboxylic acids is 1. The van der Waals surface area contributed by atoms with Gasteiger partial charge in [-0.15, -0.1) is 0 Å². The summed E-state index contributed by atoms with van der Waals surface area (Å²) >= 11 is 6.35. The van der Waals surface area contributed by atoms with Crippen molar-refractivity contribution < 1.29 is 4.79 Å². The zero-order valence-electron chi connectivity index (χ0n) is 15.3. The van der Waals surface area contributed by atoms with E-state index in [1.54, 1.807) is 40.1 Å². The van der Waals surface area contributed by atoms with Crippen LogP contribution in [0, 0.1) is 0 Å². The number of rotatable bonds is 4. The van der Waals surface area contributed by atoms with Crippen LogP contribution in [0.4, 0.5) is 11.4 Å². The van der Waals surface area contributed by atoms with E-state index in [9.17, 15) is 9.59 Å². The molecule has 9 heteroatoms. The van der Waals surface area contributed by atoms with Gasteiger partial charge in [0.05, 0.1) is 36.9 Å². The summed E-state index contributed by atoms with van der Waals surface area (Å²) in [5.41, 5.74) is 1.83. The van der Waals surface area contributed by atoms with Gasteiger partial charge in [0.15, 0.2) is 0 Å². The molecule has 8 nitrogen and oxygen atoms in total. The van der Waals surface area contributed by atoms with Crippen LogP contribution >= 0.6 is 11.6 Å². The first-order valence-corrected chi connectivity index (χ1v) is 9.24. The van der Waals surface area contributed by atoms with Crippen LogP contribution in [0.15, 0.2) is 53.7 Å². The van der Waals surface area contributed by atoms with Crippen molar-refractivity contribution >= 4 is 28.9 Å². The molecule has 144 valence electrons. The molecule has 0 unspecified atom stereocenters. The molecular weight excluding hydrogens is 380 g/mol. The molecule has 0 spiro atoms. The normalized spacial score (nSPS) is 14.6. The Balaban J connectivity index is 1.53. The van der Waals surface area contributed by atoms with E-state index >= 15 is 0 Å². The SMILES string of the molecule is Cn1cc(N2CCN(c3cnn(Cc4ccccc4)c(=O)c3Cl)CC2=O)cn1. The van der Waals surface area contributed by atoms with Crippen LogP contribution in [-0.4, -0.2) is 45.1 Å². The minimum absolute atomic E-state index is 0.0774. The van der Waals surface area contributed by atoms with Gasteiger partial charge in [-0.1, -0.05) is 41.9 Å². The first-order valence-electron chi connectivity index (χ1n) is 8.86. The van der Waals surface area contributed by atoms with E-state index in [0.29, 0.717) is 25.3 Å². The molecule has 0 atom stereocenters. The Morgan fingerprint density at radius 3 is 2.54 bits per heavy atom. The Labute approximate surface area is 166 Å². The number of piperazine rings is 1. The van der Waals surface area contributed by atoms with Crippen LogP contribution in [0.25, 0.3) is 0 Å². The summed E-state index contributed by atoms with van der Waals surface area (Å²) in [5.74, 6) is -0.0798. The highest BCUT2D eigenvalue weighted by Crippen LogP contribution is 2.24. The van der Waals surface area contributed by atoms with Crippen LogP contribution in [0.5, 0.6) is 0 Å². The van der Waals surface area contributed by atoms with Crippen LogP contribution in [0.2, 0.25) is 5.02 Å². The number of benzene rings is 1. The van der Waals surface area contributed by atoms with Crippen LogP contribution in [0.1, 0.15) is 5.56 Å². The fraction of sp³-hybridized carbons (Fsp3) is 0.263. The molecule has 1 fully saturated rings. The van der Waals surface area contributed by atoms with Crippen molar-refractivity contribution in [3.05, 3.63) is 69.9 Å². The number of halogens is 1. The summed E-state index contributed by atoms with van der Waals surface area (Å²) in [6.07, 6.45) is 5.01. The van der Waals surface area contributed by atoms with E-state index in [4.69, 9.17) is 11.6 Å². The molecule has 0 aliphatic carbocycles. The number of aryl methyl sites for hydroxylation is 1. The van der Waals surface area contributed by atoms with Gasteiger partial charge in [-0.2, -0.15) is 10.2 Å². The lowest BCUT2D eigenvalue weighted by atomic mass is 10.2. The maximum absolute atomic E-state index is 12.6. The van der Waals surface area contributed by atoms with Crippen molar-refractivity contribution in [1.82, 2.24) is 19.6 Å². The average molecular weight is 399 g/mol. The molecule has 1 amide bonds. The molecule has 2 aromatic heterocycles. The quantitative estimate of drug-likeness (QED) is 0.666. The van der Waals surface area contributed by atoms with Gasteiger partial charge in [-0.05, 0) is 5.56 Å². The van der Waals surface area contributed by atoms with Crippen molar-refractivity contribution in [1.29, 1.82) is 0 Å². The lowest BCUT2D eigenvalue weighted by Crippen LogP contribution is -2.51. The summed E-state index contributed by atoms with van der Waals surface area (Å²) < 4.78 is 2.98. The van der Waals surface area contributed by atoms with Gasteiger partial charge in [0, 0.05) is 26.3 Å². The zero-order chi connectivity index (χ0) is 19.7. The third-order valence-electron chi connectivity index (χ3n) is 4.71. The smallest absolute Gasteiger partial charge is 0.287 e. The van der Waals surface area contributed by atoms with E-state index in [-0.39, 0.29) is 23.0 Å². The van der Waals surface area contributed by atoms with Crippen LogP contribution in [-0.2, 0) is 18.4 Å². The fourth-order valence-electron chi connectivity index (χ4n) is 3.25. The number of amides is 1. The van der Waals surface area contributed by atoms with Crippen molar-refractivity contribution in [3.8, 4) is 0 Å². The van der Waals surface area contributed by atoms with Crippen LogP contribution < -0.4 is 15.4 Å². The van der Waals surface area contributed by atoms with Crippen molar-refractivity contribution in [2.24, 2.45) is 7.05 Å². The average Bonchev–Trinajstić information content (AvgIpc) is 3.12. The van der Waals surface area contributed by atoms with Crippen LogP contribution in [0.3, 0.4) is 0 Å². The Morgan fingerprint density at radius 2 is 1.86 bits per heavy atom. The molecule has 1 aliphatic heterocycles. The number of carbonyl (C=O) groups is 1. The summed E-state index contributed by atoms with van der Waals surface area (Å²) in [7, 11) is 1.81. The molecule has 3 heterocycles. The Kier molecular flexibility index (Phi) is 4.87. The standard InChI is InChI=1S/C19H19ClN6O2/c1-23-12-15(9-21-23)25-8-7-24(13-17(25)27)16-10-22-26(19(28)18(16)20)11-14-5-3-2-4-6-14/h2-6,9-10,12H,7-8,11,13H2,1H3. The predicted octanol–water partition coefficient (Wildman–Crippen LogP) is 1.53. The Hall–Kier alpha value is -3.13. The Morgan fingerprint density at radius 1 is 1.07 bits per heavy atom. The lowest BCUT2D eigenvalue weighted by Gasteiger charge is -2.35. The maximum atomic E-state index is 12.6. The van der Waals surface area contributed by atoms with Gasteiger partial charge in [-0.3, -0.25) is 14.3 Å². The van der Waals surface area contributed by atoms with E-state index in [1.165, 1.54) is 4.68 Å². The molecule has 3 aromatic rings. The first-order chi connectivity index (χ1) is 13.5. The Bertz CT molecular complexity index is 1060. The summed E-state index contributed by atoms with van der Waals surface area (Å²) in [5, 5.41) is 8.44. The number of hydrogen-bond acceptors (Lipinski definition) is 5. The molecule has 4 rings (SSSR count). The second kappa shape index (κ2) is 7.47. The van der Waals surface area contributed by atoms with Gasteiger partial charge in [-0.25, -0.2) is 4.68 Å². The summed E-state index contributed by atoms with van der Waals surface area (Å²) in [4.78, 5) is 28.7. The monoisotopic (exact) mass is 398 g/mol. The molecule has 0 saturated carbocycles. The van der Waals surface area contributed by atoms with Gasteiger partial charge >= 0.3 is 0 Å². The molecule has 1 aliphatic rings. The number of anilines is 2. The van der Waals surface area contributed by atoms with Crippen molar-refractivity contribution in [3.63, 3.8) is 0 Å². The topological polar surface area (TPSA) is 76.3 Å². The van der Waals surface area contributed by atoms with Gasteiger partial charge in [0.2, 0.25) is 5.91 Å². The number of hydrogen-bond donors (Lipinski definition) is 0. The van der Waals surface area contributed by atoms with E-state index in [1.807, 2.05) is 30.3 Å². The lowest BCUT2D eigenvalue weighted by molar-refractivity contribution is -0.117. The minimum atomic E-state index is -0.370. The molecule has 28 heavy (non-hydrogen) atoms. The van der Waals surface area contributed by atoms with Crippen molar-refractivity contribution in [2.75, 3.05) is 29.4 Å². The zero-order valence-corrected chi connectivity index (χ0v) is 16.1. The number of aromatic nitrogens is 4. The molecule has 0 radical (unpaired) electrons. The third kappa shape index (κ3) is 3.50. The molecule has 1 aromatic carbocycles. The van der Waals surface area contributed by atoms with E-state index in [0.717, 1.165) is 11.3 Å². The highest BCUT2D eigenvalue weighted by Gasteiger charge is 2.28. The number of nitrogens with zero attached hydrogens (tertiary/aromatic N) is 6. The third-order valence-corrected chi connectivity index (χ3v) is 5.06. The summed E-state index contributed by atoms with van der Waals surface area (Å²) in [6.45, 7) is 1.49. The maximum Gasteiger partial charge on any atom is 0.287 e. The molecule has 1 saturated heterocycles. The highest BCUT2D eigenvalue weighted by molar-refractivity contribution is 6.33. The predicted molar refractivity (Wildman–Crippen MR) is 107 cm³/mol. The minimum Gasteiger partial charge on any atom is -0.358 e. The molecule has 0 N–H and O–H groups in total. The second-order valence-corrected chi connectivity index (χ2v) is 7.01. The molecule has 0 bridgehead atoms. The summed E-state index contributed by atoms with van der Waals surface area (Å²) in [6, 6.07) is 9.57. The van der Waals surface area contributed by atoms with Gasteiger partial charge in [0.25, 0.3) is 5.56 Å². The largest absolute Gasteiger partial charge is 0.358 e. The fourth-order valence-corrected chi connectivity index (χ4v) is 3.51. The van der Waals surface area contributed by atoms with E-state index < -0.39 is 0 Å². The first kappa shape index (κ1) is 18.2. The van der Waals surface area contributed by atoms with Crippen molar-refractivity contribution in [2.45, 2.75) is 6.54 Å². The second-order valence-electron chi connectivity index (χ2n) is 6.63. The highest BCUT2D eigenvalue weighted by atomic mass is 35.5.